The Bertz CT molecular complexity index is 662. The first-order valence-corrected chi connectivity index (χ1v) is 8.08. The smallest absolute Gasteiger partial charge is 0.134 e. The molecular weight excluding hydrogens is 270 g/mol. The topological polar surface area (TPSA) is 27.3 Å². The van der Waals surface area contributed by atoms with Gasteiger partial charge in [0, 0.05) is 26.0 Å². The number of rotatable bonds is 4. The number of dihydropyridines is 1. The number of benzene rings is 1. The van der Waals surface area contributed by atoms with Crippen molar-refractivity contribution in [3.05, 3.63) is 60.0 Å². The molecule has 3 aliphatic rings. The van der Waals surface area contributed by atoms with E-state index < -0.39 is 0 Å². The molecule has 1 atom stereocenters. The van der Waals surface area contributed by atoms with Gasteiger partial charge in [-0.2, -0.15) is 0 Å². The van der Waals surface area contributed by atoms with Crippen LogP contribution < -0.4 is 15.5 Å². The molecule has 3 nitrogen and oxygen atoms in total. The maximum Gasteiger partial charge on any atom is 0.134 e. The normalized spacial score (nSPS) is 25.7. The molecule has 1 aromatic rings. The number of fused-ring (bicyclic) bond motifs is 1. The van der Waals surface area contributed by atoms with Gasteiger partial charge in [-0.05, 0) is 59.5 Å². The van der Waals surface area contributed by atoms with Crippen molar-refractivity contribution >= 4 is 11.3 Å². The Morgan fingerprint density at radius 1 is 1.14 bits per heavy atom. The summed E-state index contributed by atoms with van der Waals surface area (Å²) in [5, 5.41) is 7.17. The van der Waals surface area contributed by atoms with Gasteiger partial charge in [0.05, 0.1) is 0 Å². The van der Waals surface area contributed by atoms with Crippen LogP contribution >= 0.6 is 0 Å². The lowest BCUT2D eigenvalue weighted by Crippen LogP contribution is -2.53. The summed E-state index contributed by atoms with van der Waals surface area (Å²) in [6.07, 6.45) is 12.7. The number of nitrogens with one attached hydrogen (secondary N) is 2. The Hall–Kier alpha value is -2.16. The van der Waals surface area contributed by atoms with E-state index in [1.807, 2.05) is 0 Å². The molecule has 3 heteroatoms. The largest absolute Gasteiger partial charge is 0.378 e. The Kier molecular flexibility index (Phi) is 3.03. The fourth-order valence-electron chi connectivity index (χ4n) is 3.32. The number of anilines is 1. The molecule has 0 bridgehead atoms. The van der Waals surface area contributed by atoms with Gasteiger partial charge >= 0.3 is 0 Å². The molecule has 22 heavy (non-hydrogen) atoms. The number of hydrogen-bond donors (Lipinski definition) is 2. The van der Waals surface area contributed by atoms with Gasteiger partial charge in [0.1, 0.15) is 5.66 Å². The van der Waals surface area contributed by atoms with Crippen LogP contribution in [0.4, 0.5) is 5.69 Å². The number of nitrogens with zero attached hydrogens (tertiary/aromatic N) is 1. The molecule has 0 aromatic heterocycles. The van der Waals surface area contributed by atoms with E-state index in [1.54, 1.807) is 0 Å². The van der Waals surface area contributed by atoms with Gasteiger partial charge in [0.15, 0.2) is 0 Å². The molecule has 0 amide bonds. The zero-order valence-electron chi connectivity index (χ0n) is 13.3. The fourth-order valence-corrected chi connectivity index (χ4v) is 3.32. The second kappa shape index (κ2) is 4.94. The average molecular weight is 293 g/mol. The van der Waals surface area contributed by atoms with Gasteiger partial charge in [-0.1, -0.05) is 25.0 Å². The Morgan fingerprint density at radius 3 is 2.59 bits per heavy atom. The highest BCUT2D eigenvalue weighted by Crippen LogP contribution is 2.42. The minimum atomic E-state index is -0.0613. The van der Waals surface area contributed by atoms with Crippen molar-refractivity contribution < 1.29 is 0 Å². The van der Waals surface area contributed by atoms with Gasteiger partial charge in [-0.3, -0.25) is 0 Å². The predicted octanol–water partition coefficient (Wildman–Crippen LogP) is 3.24. The van der Waals surface area contributed by atoms with Gasteiger partial charge in [0.2, 0.25) is 0 Å². The number of hydrogen-bond acceptors (Lipinski definition) is 3. The third kappa shape index (κ3) is 2.31. The SMILES string of the molecule is CN(C)c1ccc(C2=CNC3(CC4CC4)NC=CC3=C2)cc1. The lowest BCUT2D eigenvalue weighted by molar-refractivity contribution is 0.354. The Balaban J connectivity index is 1.59. The summed E-state index contributed by atoms with van der Waals surface area (Å²) in [4.78, 5) is 2.13. The first-order chi connectivity index (χ1) is 10.7. The van der Waals surface area contributed by atoms with Crippen LogP contribution in [0.3, 0.4) is 0 Å². The third-order valence-corrected chi connectivity index (χ3v) is 4.88. The molecule has 0 saturated heterocycles. The third-order valence-electron chi connectivity index (χ3n) is 4.88. The van der Waals surface area contributed by atoms with Gasteiger partial charge in [0.25, 0.3) is 0 Å². The second-order valence-electron chi connectivity index (χ2n) is 6.82. The van der Waals surface area contributed by atoms with Crippen LogP contribution in [0.1, 0.15) is 24.8 Å². The highest BCUT2D eigenvalue weighted by Gasteiger charge is 2.41. The van der Waals surface area contributed by atoms with Crippen LogP contribution in [0, 0.1) is 5.92 Å². The lowest BCUT2D eigenvalue weighted by Gasteiger charge is -2.35. The summed E-state index contributed by atoms with van der Waals surface area (Å²) in [7, 11) is 4.14. The number of allylic oxidation sites excluding steroid dienone is 2. The van der Waals surface area contributed by atoms with Gasteiger partial charge in [-0.25, -0.2) is 0 Å². The fraction of sp³-hybridized carbons (Fsp3) is 0.368. The van der Waals surface area contributed by atoms with Crippen molar-refractivity contribution in [1.29, 1.82) is 0 Å². The van der Waals surface area contributed by atoms with E-state index >= 15 is 0 Å². The van der Waals surface area contributed by atoms with Crippen LogP contribution in [0.5, 0.6) is 0 Å². The van der Waals surface area contributed by atoms with Crippen LogP contribution in [-0.2, 0) is 0 Å². The van der Waals surface area contributed by atoms with E-state index in [0.717, 1.165) is 5.92 Å². The summed E-state index contributed by atoms with van der Waals surface area (Å²) in [5.74, 6) is 0.873. The molecule has 2 heterocycles. The van der Waals surface area contributed by atoms with Gasteiger partial charge in [-0.15, -0.1) is 0 Å². The molecule has 0 spiro atoms. The van der Waals surface area contributed by atoms with Crippen LogP contribution in [0.2, 0.25) is 0 Å². The van der Waals surface area contributed by atoms with Crippen LogP contribution in [-0.4, -0.2) is 19.8 Å². The van der Waals surface area contributed by atoms with Crippen molar-refractivity contribution in [2.75, 3.05) is 19.0 Å². The summed E-state index contributed by atoms with van der Waals surface area (Å²) >= 11 is 0. The van der Waals surface area contributed by atoms with Crippen molar-refractivity contribution in [3.63, 3.8) is 0 Å². The molecule has 0 radical (unpaired) electrons. The van der Waals surface area contributed by atoms with Crippen LogP contribution in [0.15, 0.2) is 54.4 Å². The minimum Gasteiger partial charge on any atom is -0.378 e. The molecule has 1 saturated carbocycles. The van der Waals surface area contributed by atoms with Crippen LogP contribution in [0.25, 0.3) is 5.57 Å². The molecule has 2 N–H and O–H groups in total. The zero-order chi connectivity index (χ0) is 15.2. The zero-order valence-corrected chi connectivity index (χ0v) is 13.3. The molecular formula is C19H23N3. The van der Waals surface area contributed by atoms with E-state index in [1.165, 1.54) is 41.7 Å². The first kappa shape index (κ1) is 13.5. The van der Waals surface area contributed by atoms with E-state index in [2.05, 4.69) is 78.4 Å². The van der Waals surface area contributed by atoms with E-state index in [4.69, 9.17) is 0 Å². The highest BCUT2D eigenvalue weighted by molar-refractivity contribution is 5.78. The Labute approximate surface area is 132 Å². The van der Waals surface area contributed by atoms with Crippen molar-refractivity contribution in [3.8, 4) is 0 Å². The average Bonchev–Trinajstić information content (AvgIpc) is 3.23. The molecule has 4 rings (SSSR count). The molecule has 1 aliphatic carbocycles. The van der Waals surface area contributed by atoms with Crippen molar-refractivity contribution in [2.24, 2.45) is 5.92 Å². The summed E-state index contributed by atoms with van der Waals surface area (Å²) in [5.41, 5.74) is 5.03. The van der Waals surface area contributed by atoms with E-state index in [0.29, 0.717) is 0 Å². The van der Waals surface area contributed by atoms with E-state index in [9.17, 15) is 0 Å². The summed E-state index contributed by atoms with van der Waals surface area (Å²) in [6.45, 7) is 0. The predicted molar refractivity (Wildman–Crippen MR) is 92.3 cm³/mol. The second-order valence-corrected chi connectivity index (χ2v) is 6.82. The summed E-state index contributed by atoms with van der Waals surface area (Å²) < 4.78 is 0. The quantitative estimate of drug-likeness (QED) is 0.892. The highest BCUT2D eigenvalue weighted by atomic mass is 15.2. The standard InChI is InChI=1S/C19H23N3/c1-22(2)18-7-5-15(6-8-18)16-11-17-9-10-20-19(17,21-13-16)12-14-3-4-14/h5-11,13-14,20-21H,3-4,12H2,1-2H3. The van der Waals surface area contributed by atoms with Crippen molar-refractivity contribution in [2.45, 2.75) is 24.9 Å². The molecule has 1 fully saturated rings. The monoisotopic (exact) mass is 293 g/mol. The maximum absolute atomic E-state index is 3.64. The molecule has 1 aromatic carbocycles. The van der Waals surface area contributed by atoms with E-state index in [-0.39, 0.29) is 5.66 Å². The van der Waals surface area contributed by atoms with Crippen molar-refractivity contribution in [1.82, 2.24) is 10.6 Å². The Morgan fingerprint density at radius 2 is 1.91 bits per heavy atom. The van der Waals surface area contributed by atoms with Gasteiger partial charge < -0.3 is 15.5 Å². The lowest BCUT2D eigenvalue weighted by atomic mass is 9.89. The molecule has 2 aliphatic heterocycles. The molecule has 1 unspecified atom stereocenters. The molecule has 114 valence electrons. The minimum absolute atomic E-state index is 0.0613. The first-order valence-electron chi connectivity index (χ1n) is 8.08. The summed E-state index contributed by atoms with van der Waals surface area (Å²) in [6, 6.07) is 8.73. The maximum atomic E-state index is 3.64.